The first-order valence-corrected chi connectivity index (χ1v) is 7.11. The van der Waals surface area contributed by atoms with E-state index in [0.29, 0.717) is 17.4 Å². The molecular formula is C16H19N3O. The Morgan fingerprint density at radius 1 is 1.35 bits per heavy atom. The molecule has 2 unspecified atom stereocenters. The van der Waals surface area contributed by atoms with Crippen LogP contribution in [0.4, 0.5) is 5.82 Å². The first-order valence-electron chi connectivity index (χ1n) is 7.11. The molecule has 1 aromatic heterocycles. The highest BCUT2D eigenvalue weighted by Crippen LogP contribution is 2.25. The molecule has 4 nitrogen and oxygen atoms in total. The van der Waals surface area contributed by atoms with Crippen LogP contribution in [0.3, 0.4) is 0 Å². The fourth-order valence-electron chi connectivity index (χ4n) is 2.94. The van der Waals surface area contributed by atoms with E-state index in [0.717, 1.165) is 17.2 Å². The van der Waals surface area contributed by atoms with Crippen LogP contribution in [-0.2, 0) is 0 Å². The maximum Gasteiger partial charge on any atom is 0.270 e. The number of pyridine rings is 1. The van der Waals surface area contributed by atoms with Gasteiger partial charge in [0.05, 0.1) is 0 Å². The molecule has 2 atom stereocenters. The van der Waals surface area contributed by atoms with Crippen LogP contribution in [0, 0.1) is 5.92 Å². The third-order valence-corrected chi connectivity index (χ3v) is 4.18. The number of hydrogen-bond donors (Lipinski definition) is 2. The molecule has 0 saturated heterocycles. The van der Waals surface area contributed by atoms with Gasteiger partial charge in [-0.1, -0.05) is 37.6 Å². The summed E-state index contributed by atoms with van der Waals surface area (Å²) in [4.78, 5) is 16.5. The van der Waals surface area contributed by atoms with E-state index < -0.39 is 0 Å². The average Bonchev–Trinajstić information content (AvgIpc) is 2.84. The number of nitrogens with two attached hydrogens (primary N) is 1. The van der Waals surface area contributed by atoms with E-state index >= 15 is 0 Å². The fraction of sp³-hybridized carbons (Fsp3) is 0.375. The van der Waals surface area contributed by atoms with Gasteiger partial charge < -0.3 is 11.1 Å². The molecule has 0 radical (unpaired) electrons. The summed E-state index contributed by atoms with van der Waals surface area (Å²) in [5.41, 5.74) is 6.34. The first kappa shape index (κ1) is 12.9. The maximum atomic E-state index is 12.3. The summed E-state index contributed by atoms with van der Waals surface area (Å²) >= 11 is 0. The van der Waals surface area contributed by atoms with Crippen molar-refractivity contribution < 1.29 is 4.79 Å². The van der Waals surface area contributed by atoms with E-state index in [2.05, 4.69) is 17.2 Å². The Bertz CT molecular complexity index is 653. The molecule has 3 N–H and O–H groups in total. The molecule has 0 aliphatic heterocycles. The number of nitrogen functional groups attached to an aromatic ring is 1. The van der Waals surface area contributed by atoms with Crippen LogP contribution >= 0.6 is 0 Å². The summed E-state index contributed by atoms with van der Waals surface area (Å²) in [6.45, 7) is 2.18. The van der Waals surface area contributed by atoms with Gasteiger partial charge in [0.2, 0.25) is 0 Å². The number of fused-ring (bicyclic) bond motifs is 1. The van der Waals surface area contributed by atoms with Crippen molar-refractivity contribution in [2.24, 2.45) is 5.92 Å². The van der Waals surface area contributed by atoms with Crippen LogP contribution in [-0.4, -0.2) is 16.9 Å². The first-order chi connectivity index (χ1) is 9.65. The number of rotatable bonds is 2. The van der Waals surface area contributed by atoms with Crippen molar-refractivity contribution in [1.82, 2.24) is 10.3 Å². The van der Waals surface area contributed by atoms with Crippen molar-refractivity contribution in [3.8, 4) is 0 Å². The van der Waals surface area contributed by atoms with Crippen molar-refractivity contribution in [2.75, 3.05) is 5.73 Å². The summed E-state index contributed by atoms with van der Waals surface area (Å²) in [5.74, 6) is 0.825. The zero-order chi connectivity index (χ0) is 14.1. The standard InChI is InChI=1S/C16H19N3O/c1-10-5-4-8-13(10)19-16(20)14-9-11-6-2-3-7-12(11)15(17)18-14/h2-3,6-7,9-10,13H,4-5,8H2,1H3,(H2,17,18)(H,19,20). The van der Waals surface area contributed by atoms with Crippen LogP contribution in [0.25, 0.3) is 10.8 Å². The number of aromatic nitrogens is 1. The number of carbonyl (C=O) groups excluding carboxylic acids is 1. The van der Waals surface area contributed by atoms with Crippen LogP contribution in [0.5, 0.6) is 0 Å². The topological polar surface area (TPSA) is 68.0 Å². The molecule has 1 heterocycles. The highest BCUT2D eigenvalue weighted by atomic mass is 16.1. The van der Waals surface area contributed by atoms with Crippen molar-refractivity contribution in [3.05, 3.63) is 36.0 Å². The Morgan fingerprint density at radius 2 is 2.15 bits per heavy atom. The molecular weight excluding hydrogens is 250 g/mol. The van der Waals surface area contributed by atoms with Crippen LogP contribution in [0.15, 0.2) is 30.3 Å². The van der Waals surface area contributed by atoms with E-state index in [1.165, 1.54) is 12.8 Å². The number of carbonyl (C=O) groups is 1. The van der Waals surface area contributed by atoms with Crippen LogP contribution < -0.4 is 11.1 Å². The average molecular weight is 269 g/mol. The Hall–Kier alpha value is -2.10. The lowest BCUT2D eigenvalue weighted by Crippen LogP contribution is -2.36. The Kier molecular flexibility index (Phi) is 3.30. The van der Waals surface area contributed by atoms with Crippen molar-refractivity contribution in [1.29, 1.82) is 0 Å². The minimum atomic E-state index is -0.124. The highest BCUT2D eigenvalue weighted by molar-refractivity contribution is 5.99. The Labute approximate surface area is 118 Å². The minimum Gasteiger partial charge on any atom is -0.383 e. The monoisotopic (exact) mass is 269 g/mol. The van der Waals surface area contributed by atoms with Gasteiger partial charge in [0, 0.05) is 11.4 Å². The molecule has 3 rings (SSSR count). The second kappa shape index (κ2) is 5.12. The molecule has 1 amide bonds. The summed E-state index contributed by atoms with van der Waals surface area (Å²) in [5, 5.41) is 4.92. The Morgan fingerprint density at radius 3 is 2.90 bits per heavy atom. The van der Waals surface area contributed by atoms with Crippen molar-refractivity contribution in [3.63, 3.8) is 0 Å². The minimum absolute atomic E-state index is 0.124. The maximum absolute atomic E-state index is 12.3. The van der Waals surface area contributed by atoms with E-state index in [9.17, 15) is 4.79 Å². The molecule has 20 heavy (non-hydrogen) atoms. The quantitative estimate of drug-likeness (QED) is 0.880. The summed E-state index contributed by atoms with van der Waals surface area (Å²) in [6.07, 6.45) is 3.41. The normalized spacial score (nSPS) is 22.1. The van der Waals surface area contributed by atoms with Crippen molar-refractivity contribution in [2.45, 2.75) is 32.2 Å². The molecule has 4 heteroatoms. The predicted molar refractivity (Wildman–Crippen MR) is 80.4 cm³/mol. The van der Waals surface area contributed by atoms with E-state index in [1.54, 1.807) is 6.07 Å². The largest absolute Gasteiger partial charge is 0.383 e. The smallest absolute Gasteiger partial charge is 0.270 e. The van der Waals surface area contributed by atoms with E-state index in [1.807, 2.05) is 24.3 Å². The van der Waals surface area contributed by atoms with Crippen molar-refractivity contribution >= 4 is 22.5 Å². The van der Waals surface area contributed by atoms with E-state index in [-0.39, 0.29) is 11.9 Å². The number of hydrogen-bond acceptors (Lipinski definition) is 3. The van der Waals surface area contributed by atoms with Gasteiger partial charge in [-0.15, -0.1) is 0 Å². The third-order valence-electron chi connectivity index (χ3n) is 4.18. The van der Waals surface area contributed by atoms with Gasteiger partial charge in [0.15, 0.2) is 0 Å². The lowest BCUT2D eigenvalue weighted by molar-refractivity contribution is 0.0925. The van der Waals surface area contributed by atoms with Crippen LogP contribution in [0.1, 0.15) is 36.7 Å². The third kappa shape index (κ3) is 2.33. The van der Waals surface area contributed by atoms with E-state index in [4.69, 9.17) is 5.73 Å². The predicted octanol–water partition coefficient (Wildman–Crippen LogP) is 2.74. The van der Waals surface area contributed by atoms with Crippen LogP contribution in [0.2, 0.25) is 0 Å². The fourth-order valence-corrected chi connectivity index (χ4v) is 2.94. The number of anilines is 1. The second-order valence-electron chi connectivity index (χ2n) is 5.60. The number of amides is 1. The lowest BCUT2D eigenvalue weighted by atomic mass is 10.1. The zero-order valence-electron chi connectivity index (χ0n) is 11.6. The van der Waals surface area contributed by atoms with Gasteiger partial charge in [0.1, 0.15) is 11.5 Å². The molecule has 2 aromatic rings. The number of nitrogens with zero attached hydrogens (tertiary/aromatic N) is 1. The summed E-state index contributed by atoms with van der Waals surface area (Å²) in [7, 11) is 0. The van der Waals surface area contributed by atoms with Gasteiger partial charge >= 0.3 is 0 Å². The van der Waals surface area contributed by atoms with Gasteiger partial charge in [-0.25, -0.2) is 4.98 Å². The number of nitrogens with one attached hydrogen (secondary N) is 1. The second-order valence-corrected chi connectivity index (χ2v) is 5.60. The van der Waals surface area contributed by atoms with Gasteiger partial charge in [-0.3, -0.25) is 4.79 Å². The molecule has 1 fully saturated rings. The molecule has 0 spiro atoms. The summed E-state index contributed by atoms with van der Waals surface area (Å²) < 4.78 is 0. The van der Waals surface area contributed by atoms with Gasteiger partial charge in [-0.05, 0) is 30.2 Å². The molecule has 1 aliphatic rings. The molecule has 1 aliphatic carbocycles. The molecule has 104 valence electrons. The van der Waals surface area contributed by atoms with Gasteiger partial charge in [0.25, 0.3) is 5.91 Å². The summed E-state index contributed by atoms with van der Waals surface area (Å²) in [6, 6.07) is 9.78. The zero-order valence-corrected chi connectivity index (χ0v) is 11.6. The Balaban J connectivity index is 1.88. The number of benzene rings is 1. The lowest BCUT2D eigenvalue weighted by Gasteiger charge is -2.17. The molecule has 0 bridgehead atoms. The highest BCUT2D eigenvalue weighted by Gasteiger charge is 2.25. The molecule has 1 aromatic carbocycles. The SMILES string of the molecule is CC1CCCC1NC(=O)c1cc2ccccc2c(N)n1. The van der Waals surface area contributed by atoms with Gasteiger partial charge in [-0.2, -0.15) is 0 Å². The molecule has 1 saturated carbocycles.